The Morgan fingerprint density at radius 1 is 1.14 bits per heavy atom. The van der Waals surface area contributed by atoms with Crippen molar-refractivity contribution in [3.05, 3.63) is 125 Å². The number of furan rings is 1. The van der Waals surface area contributed by atoms with Crippen LogP contribution in [0.15, 0.2) is 92.2 Å². The van der Waals surface area contributed by atoms with Crippen LogP contribution in [0, 0.1) is 17.0 Å². The minimum absolute atomic E-state index is 0.00556. The first-order valence-electron chi connectivity index (χ1n) is 13.8. The summed E-state index contributed by atoms with van der Waals surface area (Å²) in [5.74, 6) is 0.893. The summed E-state index contributed by atoms with van der Waals surface area (Å²) in [5, 5.41) is 12.9. The number of nitrogens with zero attached hydrogens (tertiary/aromatic N) is 3. The monoisotopic (exact) mass is 609 g/mol. The molecule has 3 aromatic carbocycles. The average molecular weight is 610 g/mol. The van der Waals surface area contributed by atoms with Crippen molar-refractivity contribution in [2.75, 3.05) is 13.7 Å². The Balaban J connectivity index is 1.53. The molecule has 1 atom stereocenters. The van der Waals surface area contributed by atoms with E-state index in [-0.39, 0.29) is 23.4 Å². The van der Waals surface area contributed by atoms with Crippen molar-refractivity contribution in [3.63, 3.8) is 0 Å². The number of aryl methyl sites for hydroxylation is 1. The second-order valence-corrected chi connectivity index (χ2v) is 11.2. The number of fused-ring (bicyclic) bond motifs is 2. The van der Waals surface area contributed by atoms with Crippen LogP contribution < -0.4 is 19.6 Å². The van der Waals surface area contributed by atoms with Crippen LogP contribution in [0.5, 0.6) is 5.75 Å². The van der Waals surface area contributed by atoms with E-state index in [2.05, 4.69) is 4.99 Å². The van der Waals surface area contributed by atoms with Crippen molar-refractivity contribution in [1.82, 2.24) is 4.57 Å². The maximum Gasteiger partial charge on any atom is 0.338 e. The number of nitro benzene ring substituents is 1. The highest BCUT2D eigenvalue weighted by atomic mass is 32.1. The normalized spacial score (nSPS) is 14.8. The zero-order valence-corrected chi connectivity index (χ0v) is 25.1. The largest absolute Gasteiger partial charge is 0.496 e. The minimum atomic E-state index is -0.858. The third kappa shape index (κ3) is 4.90. The molecular formula is C33H27N3O7S. The van der Waals surface area contributed by atoms with E-state index in [0.29, 0.717) is 49.0 Å². The number of aromatic nitrogens is 1. The van der Waals surface area contributed by atoms with E-state index >= 15 is 0 Å². The van der Waals surface area contributed by atoms with Gasteiger partial charge in [-0.25, -0.2) is 9.79 Å². The SMILES string of the molecule is CCOC(=O)C1=C(C)N=c2s/c(=C\c3ccc(-c4ccc([N+](=O)[O-])cc4C)o3)c(=O)n2C1c1c(OC)ccc2ccccc12. The quantitative estimate of drug-likeness (QED) is 0.137. The van der Waals surface area contributed by atoms with Gasteiger partial charge in [0.1, 0.15) is 23.3 Å². The van der Waals surface area contributed by atoms with Crippen LogP contribution in [0.1, 0.15) is 36.8 Å². The average Bonchev–Trinajstić information content (AvgIpc) is 3.59. The number of thiazole rings is 1. The fourth-order valence-electron chi connectivity index (χ4n) is 5.54. The summed E-state index contributed by atoms with van der Waals surface area (Å²) >= 11 is 1.18. The van der Waals surface area contributed by atoms with Gasteiger partial charge in [-0.1, -0.05) is 41.7 Å². The second kappa shape index (κ2) is 11.4. The number of benzene rings is 3. The molecule has 6 rings (SSSR count). The van der Waals surface area contributed by atoms with Gasteiger partial charge in [-0.15, -0.1) is 0 Å². The van der Waals surface area contributed by atoms with Gasteiger partial charge in [0.05, 0.1) is 34.4 Å². The molecular weight excluding hydrogens is 582 g/mol. The molecule has 10 nitrogen and oxygen atoms in total. The van der Waals surface area contributed by atoms with E-state index in [1.165, 1.54) is 28.0 Å². The van der Waals surface area contributed by atoms with Crippen molar-refractivity contribution in [3.8, 4) is 17.1 Å². The lowest BCUT2D eigenvalue weighted by Crippen LogP contribution is -2.40. The van der Waals surface area contributed by atoms with Crippen molar-refractivity contribution in [2.45, 2.75) is 26.8 Å². The van der Waals surface area contributed by atoms with Crippen molar-refractivity contribution in [1.29, 1.82) is 0 Å². The van der Waals surface area contributed by atoms with Crippen LogP contribution in [-0.2, 0) is 9.53 Å². The second-order valence-electron chi connectivity index (χ2n) is 10.2. The fourth-order valence-corrected chi connectivity index (χ4v) is 6.57. The number of allylic oxidation sites excluding steroid dienone is 1. The topological polar surface area (TPSA) is 126 Å². The van der Waals surface area contributed by atoms with Gasteiger partial charge < -0.3 is 13.9 Å². The van der Waals surface area contributed by atoms with Crippen molar-refractivity contribution >= 4 is 39.8 Å². The van der Waals surface area contributed by atoms with Gasteiger partial charge in [-0.05, 0) is 61.4 Å². The molecule has 0 radical (unpaired) electrons. The molecule has 3 heterocycles. The summed E-state index contributed by atoms with van der Waals surface area (Å²) in [4.78, 5) is 43.4. The fraction of sp³-hybridized carbons (Fsp3) is 0.182. The van der Waals surface area contributed by atoms with Crippen LogP contribution in [0.4, 0.5) is 5.69 Å². The third-order valence-electron chi connectivity index (χ3n) is 7.53. The molecule has 0 spiro atoms. The number of non-ortho nitro benzene ring substituents is 1. The zero-order valence-electron chi connectivity index (χ0n) is 24.3. The summed E-state index contributed by atoms with van der Waals surface area (Å²) < 4.78 is 19.2. The molecule has 222 valence electrons. The Kier molecular flexibility index (Phi) is 7.48. The Labute approximate surface area is 255 Å². The maximum absolute atomic E-state index is 14.2. The Bertz CT molecular complexity index is 2190. The summed E-state index contributed by atoms with van der Waals surface area (Å²) in [6.07, 6.45) is 1.63. The van der Waals surface area contributed by atoms with E-state index < -0.39 is 16.9 Å². The number of carbonyl (C=O) groups excluding carboxylic acids is 1. The lowest BCUT2D eigenvalue weighted by Gasteiger charge is -2.27. The van der Waals surface area contributed by atoms with Crippen LogP contribution in [0.3, 0.4) is 0 Å². The number of carbonyl (C=O) groups is 1. The van der Waals surface area contributed by atoms with Gasteiger partial charge >= 0.3 is 5.97 Å². The van der Waals surface area contributed by atoms with Crippen LogP contribution in [0.25, 0.3) is 28.2 Å². The van der Waals surface area contributed by atoms with Crippen molar-refractivity contribution in [2.24, 2.45) is 4.99 Å². The molecule has 0 N–H and O–H groups in total. The zero-order chi connectivity index (χ0) is 31.1. The number of rotatable bonds is 7. The van der Waals surface area contributed by atoms with E-state index in [1.54, 1.807) is 52.2 Å². The van der Waals surface area contributed by atoms with Crippen molar-refractivity contribution < 1.29 is 23.6 Å². The molecule has 5 aromatic rings. The van der Waals surface area contributed by atoms with E-state index in [0.717, 1.165) is 10.8 Å². The first kappa shape index (κ1) is 28.8. The summed E-state index contributed by atoms with van der Waals surface area (Å²) in [5.41, 5.74) is 2.39. The van der Waals surface area contributed by atoms with Gasteiger partial charge in [-0.3, -0.25) is 19.5 Å². The van der Waals surface area contributed by atoms with Gasteiger partial charge in [0, 0.05) is 29.3 Å². The summed E-state index contributed by atoms with van der Waals surface area (Å²) in [7, 11) is 1.55. The molecule has 2 aromatic heterocycles. The first-order chi connectivity index (χ1) is 21.2. The highest BCUT2D eigenvalue weighted by Crippen LogP contribution is 2.40. The number of ether oxygens (including phenoxy) is 2. The standard InChI is InChI=1S/C33H27N3O7S/c1-5-42-32(38)28-19(3)34-33-35(30(28)29-24-9-7-6-8-20(24)10-14-26(29)41-4)31(37)27(44-33)17-22-12-15-25(43-22)23-13-11-21(36(39)40)16-18(23)2/h6-17,30H,5H2,1-4H3/b27-17-. The number of esters is 1. The molecule has 1 unspecified atom stereocenters. The van der Waals surface area contributed by atoms with Gasteiger partial charge in [0.2, 0.25) is 0 Å². The molecule has 0 amide bonds. The predicted octanol–water partition coefficient (Wildman–Crippen LogP) is 5.44. The number of methoxy groups -OCH3 is 1. The molecule has 1 aliphatic heterocycles. The predicted molar refractivity (Wildman–Crippen MR) is 166 cm³/mol. The molecule has 0 saturated carbocycles. The smallest absolute Gasteiger partial charge is 0.338 e. The van der Waals surface area contributed by atoms with Crippen LogP contribution in [-0.4, -0.2) is 29.2 Å². The number of nitro groups is 1. The lowest BCUT2D eigenvalue weighted by atomic mass is 9.90. The lowest BCUT2D eigenvalue weighted by molar-refractivity contribution is -0.384. The summed E-state index contributed by atoms with van der Waals surface area (Å²) in [6.45, 7) is 5.40. The third-order valence-corrected chi connectivity index (χ3v) is 8.51. The van der Waals surface area contributed by atoms with E-state index in [4.69, 9.17) is 13.9 Å². The highest BCUT2D eigenvalue weighted by molar-refractivity contribution is 7.07. The van der Waals surface area contributed by atoms with Crippen LogP contribution >= 0.6 is 11.3 Å². The molecule has 1 aliphatic rings. The molecule has 44 heavy (non-hydrogen) atoms. The Hall–Kier alpha value is -5.29. The number of hydrogen-bond donors (Lipinski definition) is 0. The van der Waals surface area contributed by atoms with E-state index in [1.807, 2.05) is 36.4 Å². The molecule has 0 bridgehead atoms. The Morgan fingerprint density at radius 2 is 1.93 bits per heavy atom. The van der Waals surface area contributed by atoms with Gasteiger partial charge in [0.15, 0.2) is 4.80 Å². The molecule has 0 saturated heterocycles. The maximum atomic E-state index is 14.2. The molecule has 0 fully saturated rings. The summed E-state index contributed by atoms with van der Waals surface area (Å²) in [6, 6.07) is 18.7. The first-order valence-corrected chi connectivity index (χ1v) is 14.6. The highest BCUT2D eigenvalue weighted by Gasteiger charge is 2.36. The Morgan fingerprint density at radius 3 is 2.66 bits per heavy atom. The van der Waals surface area contributed by atoms with E-state index in [9.17, 15) is 19.7 Å². The molecule has 0 aliphatic carbocycles. The van der Waals surface area contributed by atoms with Crippen LogP contribution in [0.2, 0.25) is 0 Å². The van der Waals surface area contributed by atoms with Gasteiger partial charge in [0.25, 0.3) is 11.2 Å². The number of hydrogen-bond acceptors (Lipinski definition) is 9. The molecule has 11 heteroatoms. The van der Waals surface area contributed by atoms with Gasteiger partial charge in [-0.2, -0.15) is 0 Å². The minimum Gasteiger partial charge on any atom is -0.496 e.